The maximum Gasteiger partial charge on any atom is 0.214 e. The number of benzene rings is 1. The maximum atomic E-state index is 11.8. The van der Waals surface area contributed by atoms with E-state index in [1.807, 2.05) is 42.6 Å². The quantitative estimate of drug-likeness (QED) is 0.754. The molecule has 0 saturated carbocycles. The molecule has 0 saturated heterocycles. The van der Waals surface area contributed by atoms with Crippen molar-refractivity contribution < 1.29 is 13.2 Å². The van der Waals surface area contributed by atoms with Crippen LogP contribution in [0.5, 0.6) is 0 Å². The number of hydrogen-bond donors (Lipinski definition) is 1. The molecule has 0 amide bonds. The molecule has 0 bridgehead atoms. The van der Waals surface area contributed by atoms with Gasteiger partial charge in [-0.05, 0) is 12.5 Å². The second kappa shape index (κ2) is 7.65. The van der Waals surface area contributed by atoms with E-state index in [-0.39, 0.29) is 18.9 Å². The molecule has 5 nitrogen and oxygen atoms in total. The van der Waals surface area contributed by atoms with Gasteiger partial charge in [-0.2, -0.15) is 0 Å². The summed E-state index contributed by atoms with van der Waals surface area (Å²) in [4.78, 5) is 4.21. The van der Waals surface area contributed by atoms with Crippen molar-refractivity contribution in [2.45, 2.75) is 20.1 Å². The minimum Gasteiger partial charge on any atom is -0.376 e. The lowest BCUT2D eigenvalue weighted by molar-refractivity contribution is 0.135. The molecule has 1 N–H and O–H groups in total. The highest BCUT2D eigenvalue weighted by Crippen LogP contribution is 2.08. The van der Waals surface area contributed by atoms with Crippen LogP contribution < -0.4 is 4.72 Å². The van der Waals surface area contributed by atoms with Crippen LogP contribution >= 0.6 is 11.3 Å². The standard InChI is InChI=1S/C14H18N2O3S2/c1-12-11-20-14(16-12)9-15-21(17,18)8-7-19-10-13-5-3-2-4-6-13/h2-6,11,15H,7-10H2,1H3. The first-order valence-electron chi connectivity index (χ1n) is 6.55. The number of aryl methyl sites for hydroxylation is 1. The third-order valence-electron chi connectivity index (χ3n) is 2.72. The van der Waals surface area contributed by atoms with E-state index < -0.39 is 10.0 Å². The fourth-order valence-electron chi connectivity index (χ4n) is 1.66. The SMILES string of the molecule is Cc1csc(CNS(=O)(=O)CCOCc2ccccc2)n1. The number of thiazole rings is 1. The summed E-state index contributed by atoms with van der Waals surface area (Å²) < 4.78 is 31.5. The van der Waals surface area contributed by atoms with E-state index in [1.165, 1.54) is 11.3 Å². The smallest absolute Gasteiger partial charge is 0.214 e. The molecule has 0 atom stereocenters. The summed E-state index contributed by atoms with van der Waals surface area (Å²) >= 11 is 1.45. The summed E-state index contributed by atoms with van der Waals surface area (Å²) in [7, 11) is -3.33. The molecular formula is C14H18N2O3S2. The predicted octanol–water partition coefficient (Wildman–Crippen LogP) is 2.09. The van der Waals surface area contributed by atoms with E-state index in [0.717, 1.165) is 16.3 Å². The van der Waals surface area contributed by atoms with Crippen molar-refractivity contribution in [3.8, 4) is 0 Å². The zero-order valence-electron chi connectivity index (χ0n) is 11.8. The molecule has 1 aromatic heterocycles. The van der Waals surface area contributed by atoms with Gasteiger partial charge < -0.3 is 4.74 Å². The number of ether oxygens (including phenoxy) is 1. The van der Waals surface area contributed by atoms with Gasteiger partial charge in [0.15, 0.2) is 0 Å². The van der Waals surface area contributed by atoms with Gasteiger partial charge in [0.05, 0.1) is 25.5 Å². The van der Waals surface area contributed by atoms with Crippen molar-refractivity contribution >= 4 is 21.4 Å². The number of nitrogens with zero attached hydrogens (tertiary/aromatic N) is 1. The van der Waals surface area contributed by atoms with E-state index in [9.17, 15) is 8.42 Å². The average Bonchev–Trinajstić information content (AvgIpc) is 2.89. The Balaban J connectivity index is 1.69. The Bertz CT molecular complexity index is 654. The van der Waals surface area contributed by atoms with Gasteiger partial charge in [0.2, 0.25) is 10.0 Å². The Morgan fingerprint density at radius 2 is 2.05 bits per heavy atom. The maximum absolute atomic E-state index is 11.8. The minimum absolute atomic E-state index is 0.0514. The zero-order valence-corrected chi connectivity index (χ0v) is 13.4. The van der Waals surface area contributed by atoms with Crippen LogP contribution in [0.15, 0.2) is 35.7 Å². The molecule has 1 aromatic carbocycles. The van der Waals surface area contributed by atoms with Gasteiger partial charge in [-0.25, -0.2) is 18.1 Å². The first kappa shape index (κ1) is 16.1. The second-order valence-electron chi connectivity index (χ2n) is 4.56. The van der Waals surface area contributed by atoms with Crippen molar-refractivity contribution in [1.29, 1.82) is 0 Å². The molecule has 0 fully saturated rings. The lowest BCUT2D eigenvalue weighted by atomic mass is 10.2. The molecule has 7 heteroatoms. The summed E-state index contributed by atoms with van der Waals surface area (Å²) in [6.07, 6.45) is 0. The fourth-order valence-corrected chi connectivity index (χ4v) is 3.30. The minimum atomic E-state index is -3.33. The topological polar surface area (TPSA) is 68.3 Å². The first-order chi connectivity index (χ1) is 10.1. The largest absolute Gasteiger partial charge is 0.376 e. The summed E-state index contributed by atoms with van der Waals surface area (Å²) in [5.74, 6) is -0.0514. The molecule has 0 aliphatic heterocycles. The highest BCUT2D eigenvalue weighted by molar-refractivity contribution is 7.89. The van der Waals surface area contributed by atoms with Crippen molar-refractivity contribution in [2.75, 3.05) is 12.4 Å². The molecule has 2 rings (SSSR count). The molecule has 0 unspecified atom stereocenters. The summed E-state index contributed by atoms with van der Waals surface area (Å²) in [5.41, 5.74) is 1.93. The van der Waals surface area contributed by atoms with Crippen LogP contribution in [0.3, 0.4) is 0 Å². The van der Waals surface area contributed by atoms with E-state index in [4.69, 9.17) is 4.74 Å². The number of sulfonamides is 1. The summed E-state index contributed by atoms with van der Waals surface area (Å²) in [5, 5.41) is 2.66. The van der Waals surface area contributed by atoms with Crippen LogP contribution in [-0.4, -0.2) is 25.8 Å². The number of rotatable bonds is 8. The lowest BCUT2D eigenvalue weighted by Crippen LogP contribution is -2.28. The molecule has 0 aliphatic rings. The van der Waals surface area contributed by atoms with Gasteiger partial charge in [0, 0.05) is 11.1 Å². The van der Waals surface area contributed by atoms with E-state index in [1.54, 1.807) is 0 Å². The van der Waals surface area contributed by atoms with Crippen molar-refractivity contribution in [2.24, 2.45) is 0 Å². The van der Waals surface area contributed by atoms with Crippen LogP contribution in [0.4, 0.5) is 0 Å². The van der Waals surface area contributed by atoms with E-state index >= 15 is 0 Å². The van der Waals surface area contributed by atoms with Crippen molar-refractivity contribution in [1.82, 2.24) is 9.71 Å². The third kappa shape index (κ3) is 5.92. The summed E-state index contributed by atoms with van der Waals surface area (Å²) in [6.45, 7) is 2.70. The van der Waals surface area contributed by atoms with E-state index in [2.05, 4.69) is 9.71 Å². The fraction of sp³-hybridized carbons (Fsp3) is 0.357. The zero-order chi connectivity index (χ0) is 15.1. The van der Waals surface area contributed by atoms with Crippen molar-refractivity contribution in [3.63, 3.8) is 0 Å². The third-order valence-corrected chi connectivity index (χ3v) is 4.97. The lowest BCUT2D eigenvalue weighted by Gasteiger charge is -2.06. The molecule has 114 valence electrons. The molecular weight excluding hydrogens is 308 g/mol. The molecule has 21 heavy (non-hydrogen) atoms. The average molecular weight is 326 g/mol. The van der Waals surface area contributed by atoms with Gasteiger partial charge in [-0.15, -0.1) is 11.3 Å². The summed E-state index contributed by atoms with van der Waals surface area (Å²) in [6, 6.07) is 9.66. The van der Waals surface area contributed by atoms with Gasteiger partial charge in [-0.3, -0.25) is 0 Å². The van der Waals surface area contributed by atoms with Crippen LogP contribution in [0, 0.1) is 6.92 Å². The number of aromatic nitrogens is 1. The highest BCUT2D eigenvalue weighted by Gasteiger charge is 2.11. The molecule has 1 heterocycles. The Kier molecular flexibility index (Phi) is 5.86. The van der Waals surface area contributed by atoms with Gasteiger partial charge >= 0.3 is 0 Å². The Morgan fingerprint density at radius 3 is 2.71 bits per heavy atom. The monoisotopic (exact) mass is 326 g/mol. The molecule has 0 radical (unpaired) electrons. The first-order valence-corrected chi connectivity index (χ1v) is 9.08. The Labute approximate surface area is 129 Å². The van der Waals surface area contributed by atoms with Crippen LogP contribution in [0.1, 0.15) is 16.3 Å². The van der Waals surface area contributed by atoms with Gasteiger partial charge in [0.1, 0.15) is 5.01 Å². The molecule has 2 aromatic rings. The number of hydrogen-bond acceptors (Lipinski definition) is 5. The normalized spacial score (nSPS) is 11.7. The Hall–Kier alpha value is -1.28. The van der Waals surface area contributed by atoms with Crippen LogP contribution in [0.2, 0.25) is 0 Å². The molecule has 0 spiro atoms. The highest BCUT2D eigenvalue weighted by atomic mass is 32.2. The van der Waals surface area contributed by atoms with Gasteiger partial charge in [0.25, 0.3) is 0 Å². The van der Waals surface area contributed by atoms with Crippen molar-refractivity contribution in [3.05, 3.63) is 52.0 Å². The second-order valence-corrected chi connectivity index (χ2v) is 7.43. The van der Waals surface area contributed by atoms with Gasteiger partial charge in [-0.1, -0.05) is 30.3 Å². The Morgan fingerprint density at radius 1 is 1.29 bits per heavy atom. The predicted molar refractivity (Wildman–Crippen MR) is 83.6 cm³/mol. The van der Waals surface area contributed by atoms with Crippen LogP contribution in [-0.2, 0) is 27.9 Å². The van der Waals surface area contributed by atoms with E-state index in [0.29, 0.717) is 6.61 Å². The number of nitrogens with one attached hydrogen (secondary N) is 1. The van der Waals surface area contributed by atoms with Crippen LogP contribution in [0.25, 0.3) is 0 Å². The molecule has 0 aliphatic carbocycles.